The third-order valence-corrected chi connectivity index (χ3v) is 5.70. The number of hydrogen-bond donors (Lipinski definition) is 1. The molecule has 0 radical (unpaired) electrons. The molecule has 3 fully saturated rings. The van der Waals surface area contributed by atoms with Gasteiger partial charge in [-0.1, -0.05) is 31.0 Å². The van der Waals surface area contributed by atoms with Crippen molar-refractivity contribution in [2.24, 2.45) is 5.92 Å². The van der Waals surface area contributed by atoms with Gasteiger partial charge in [-0.25, -0.2) is 0 Å². The molecule has 2 heteroatoms. The van der Waals surface area contributed by atoms with Crippen molar-refractivity contribution in [1.29, 1.82) is 0 Å². The zero-order chi connectivity index (χ0) is 14.1. The van der Waals surface area contributed by atoms with E-state index in [4.69, 9.17) is 0 Å². The van der Waals surface area contributed by atoms with Gasteiger partial charge in [0.2, 0.25) is 0 Å². The van der Waals surface area contributed by atoms with Gasteiger partial charge in [-0.05, 0) is 56.1 Å². The number of fused-ring (bicyclic) bond motifs is 1. The maximum absolute atomic E-state index is 3.70. The molecule has 1 N–H and O–H groups in total. The van der Waals surface area contributed by atoms with Crippen LogP contribution in [0.3, 0.4) is 0 Å². The summed E-state index contributed by atoms with van der Waals surface area (Å²) in [6, 6.07) is 10.7. The summed E-state index contributed by atoms with van der Waals surface area (Å²) >= 11 is 0. The zero-order valence-electron chi connectivity index (χ0n) is 13.1. The number of nitrogens with one attached hydrogen (secondary N) is 1. The molecule has 1 aromatic rings. The topological polar surface area (TPSA) is 15.3 Å². The summed E-state index contributed by atoms with van der Waals surface area (Å²) in [5, 5.41) is 3.70. The predicted octanol–water partition coefficient (Wildman–Crippen LogP) is 4.10. The summed E-state index contributed by atoms with van der Waals surface area (Å²) in [5.41, 5.74) is 3.03. The van der Waals surface area contributed by atoms with Crippen molar-refractivity contribution in [3.05, 3.63) is 29.8 Å². The lowest BCUT2D eigenvalue weighted by Crippen LogP contribution is -2.47. The molecule has 2 saturated carbocycles. The van der Waals surface area contributed by atoms with Crippen molar-refractivity contribution in [2.45, 2.75) is 70.0 Å². The molecule has 1 aliphatic heterocycles. The first-order chi connectivity index (χ1) is 10.4. The Morgan fingerprint density at radius 1 is 0.952 bits per heavy atom. The summed E-state index contributed by atoms with van der Waals surface area (Å²) in [7, 11) is 0. The Labute approximate surface area is 128 Å². The molecule has 2 atom stereocenters. The molecule has 3 aliphatic rings. The standard InChI is InChI=1S/C19H28N2/c1-3-9-18-15(6-1)8-5-13-21(18)19-10-4-2-7-16(19)14-20-17-11-12-17/h2,4,7,10,15,17-18,20H,1,3,5-6,8-9,11-14H2. The van der Waals surface area contributed by atoms with E-state index in [9.17, 15) is 0 Å². The Kier molecular flexibility index (Phi) is 3.89. The second-order valence-electron chi connectivity index (χ2n) is 7.23. The van der Waals surface area contributed by atoms with E-state index < -0.39 is 0 Å². The molecule has 0 spiro atoms. The van der Waals surface area contributed by atoms with Gasteiger partial charge in [0.25, 0.3) is 0 Å². The minimum absolute atomic E-state index is 0.793. The highest BCUT2D eigenvalue weighted by Crippen LogP contribution is 2.38. The lowest BCUT2D eigenvalue weighted by molar-refractivity contribution is 0.243. The van der Waals surface area contributed by atoms with E-state index in [1.54, 1.807) is 0 Å². The number of hydrogen-bond acceptors (Lipinski definition) is 2. The third-order valence-electron chi connectivity index (χ3n) is 5.70. The Balaban J connectivity index is 1.55. The number of benzene rings is 1. The first-order valence-corrected chi connectivity index (χ1v) is 9.00. The molecule has 0 amide bonds. The fourth-order valence-electron chi connectivity index (χ4n) is 4.41. The predicted molar refractivity (Wildman–Crippen MR) is 88.6 cm³/mol. The van der Waals surface area contributed by atoms with Crippen molar-refractivity contribution in [3.63, 3.8) is 0 Å². The van der Waals surface area contributed by atoms with Crippen molar-refractivity contribution >= 4 is 5.69 Å². The van der Waals surface area contributed by atoms with Gasteiger partial charge < -0.3 is 10.2 Å². The van der Waals surface area contributed by atoms with Gasteiger partial charge in [0, 0.05) is 30.9 Å². The highest BCUT2D eigenvalue weighted by atomic mass is 15.2. The van der Waals surface area contributed by atoms with Crippen LogP contribution < -0.4 is 10.2 Å². The fourth-order valence-corrected chi connectivity index (χ4v) is 4.41. The van der Waals surface area contributed by atoms with E-state index in [1.807, 2.05) is 0 Å². The third kappa shape index (κ3) is 2.96. The number of anilines is 1. The van der Waals surface area contributed by atoms with E-state index in [0.717, 1.165) is 24.5 Å². The van der Waals surface area contributed by atoms with E-state index in [1.165, 1.54) is 69.2 Å². The van der Waals surface area contributed by atoms with Gasteiger partial charge in [0.15, 0.2) is 0 Å². The van der Waals surface area contributed by atoms with Crippen LogP contribution in [0.4, 0.5) is 5.69 Å². The Bertz CT molecular complexity index is 478. The molecule has 2 aliphatic carbocycles. The fraction of sp³-hybridized carbons (Fsp3) is 0.684. The van der Waals surface area contributed by atoms with Crippen LogP contribution in [0.5, 0.6) is 0 Å². The summed E-state index contributed by atoms with van der Waals surface area (Å²) < 4.78 is 0. The lowest BCUT2D eigenvalue weighted by atomic mass is 9.78. The van der Waals surface area contributed by atoms with Gasteiger partial charge in [-0.15, -0.1) is 0 Å². The molecule has 0 bridgehead atoms. The molecular formula is C19H28N2. The average Bonchev–Trinajstić information content (AvgIpc) is 3.37. The van der Waals surface area contributed by atoms with Crippen LogP contribution >= 0.6 is 0 Å². The second-order valence-corrected chi connectivity index (χ2v) is 7.23. The molecule has 1 saturated heterocycles. The molecule has 4 rings (SSSR count). The zero-order valence-corrected chi connectivity index (χ0v) is 13.1. The summed E-state index contributed by atoms with van der Waals surface area (Å²) in [6.07, 6.45) is 11.3. The van der Waals surface area contributed by atoms with Crippen LogP contribution in [0, 0.1) is 5.92 Å². The quantitative estimate of drug-likeness (QED) is 0.895. The van der Waals surface area contributed by atoms with Crippen molar-refractivity contribution in [1.82, 2.24) is 5.32 Å². The molecule has 2 nitrogen and oxygen atoms in total. The smallest absolute Gasteiger partial charge is 0.0414 e. The normalized spacial score (nSPS) is 29.2. The Morgan fingerprint density at radius 3 is 2.67 bits per heavy atom. The van der Waals surface area contributed by atoms with Crippen molar-refractivity contribution in [2.75, 3.05) is 11.4 Å². The number of rotatable bonds is 4. The maximum atomic E-state index is 3.70. The van der Waals surface area contributed by atoms with Gasteiger partial charge in [0.05, 0.1) is 0 Å². The highest BCUT2D eigenvalue weighted by molar-refractivity contribution is 5.55. The minimum atomic E-state index is 0.793. The largest absolute Gasteiger partial charge is 0.368 e. The molecule has 0 aromatic heterocycles. The number of para-hydroxylation sites is 1. The molecule has 21 heavy (non-hydrogen) atoms. The van der Waals surface area contributed by atoms with Crippen LogP contribution in [-0.4, -0.2) is 18.6 Å². The number of piperidine rings is 1. The van der Waals surface area contributed by atoms with Gasteiger partial charge in [-0.3, -0.25) is 0 Å². The summed E-state index contributed by atoms with van der Waals surface area (Å²) in [6.45, 7) is 2.32. The van der Waals surface area contributed by atoms with E-state index in [2.05, 4.69) is 34.5 Å². The molecular weight excluding hydrogens is 256 g/mol. The average molecular weight is 284 g/mol. The summed E-state index contributed by atoms with van der Waals surface area (Å²) in [5.74, 6) is 0.956. The minimum Gasteiger partial charge on any atom is -0.368 e. The molecule has 2 unspecified atom stereocenters. The van der Waals surface area contributed by atoms with Crippen LogP contribution in [0.15, 0.2) is 24.3 Å². The SMILES string of the molecule is c1ccc(N2CCCC3CCCCC32)c(CNC2CC2)c1. The number of nitrogens with zero attached hydrogens (tertiary/aromatic N) is 1. The molecule has 1 aromatic carbocycles. The van der Waals surface area contributed by atoms with Crippen molar-refractivity contribution < 1.29 is 0 Å². The van der Waals surface area contributed by atoms with Gasteiger partial charge in [-0.2, -0.15) is 0 Å². The van der Waals surface area contributed by atoms with Crippen LogP contribution in [0.25, 0.3) is 0 Å². The second kappa shape index (κ2) is 6.00. The maximum Gasteiger partial charge on any atom is 0.0414 e. The first-order valence-electron chi connectivity index (χ1n) is 9.00. The van der Waals surface area contributed by atoms with Crippen molar-refractivity contribution in [3.8, 4) is 0 Å². The van der Waals surface area contributed by atoms with E-state index in [0.29, 0.717) is 0 Å². The Morgan fingerprint density at radius 2 is 1.76 bits per heavy atom. The van der Waals surface area contributed by atoms with Gasteiger partial charge >= 0.3 is 0 Å². The monoisotopic (exact) mass is 284 g/mol. The molecule has 114 valence electrons. The van der Waals surface area contributed by atoms with Crippen LogP contribution in [0.1, 0.15) is 56.9 Å². The van der Waals surface area contributed by atoms with Crippen LogP contribution in [-0.2, 0) is 6.54 Å². The van der Waals surface area contributed by atoms with Gasteiger partial charge in [0.1, 0.15) is 0 Å². The van der Waals surface area contributed by atoms with Crippen LogP contribution in [0.2, 0.25) is 0 Å². The summed E-state index contributed by atoms with van der Waals surface area (Å²) in [4.78, 5) is 2.76. The van der Waals surface area contributed by atoms with E-state index in [-0.39, 0.29) is 0 Å². The Hall–Kier alpha value is -1.02. The first kappa shape index (κ1) is 13.6. The lowest BCUT2D eigenvalue weighted by Gasteiger charge is -2.46. The van der Waals surface area contributed by atoms with E-state index >= 15 is 0 Å². The highest BCUT2D eigenvalue weighted by Gasteiger charge is 2.34. The molecule has 1 heterocycles.